The Kier molecular flexibility index (Phi) is 5.54. The van der Waals surface area contributed by atoms with Gasteiger partial charge in [0.1, 0.15) is 12.4 Å². The van der Waals surface area contributed by atoms with Crippen LogP contribution < -0.4 is 10.5 Å². The number of rotatable bonds is 5. The third-order valence-electron chi connectivity index (χ3n) is 1.83. The van der Waals surface area contributed by atoms with Crippen molar-refractivity contribution in [3.05, 3.63) is 40.4 Å². The van der Waals surface area contributed by atoms with Gasteiger partial charge >= 0.3 is 0 Å². The topological polar surface area (TPSA) is 35.2 Å². The van der Waals surface area contributed by atoms with Crippen LogP contribution in [-0.2, 0) is 6.42 Å². The van der Waals surface area contributed by atoms with E-state index in [9.17, 15) is 0 Å². The van der Waals surface area contributed by atoms with Crippen molar-refractivity contribution in [2.75, 3.05) is 13.2 Å². The van der Waals surface area contributed by atoms with Gasteiger partial charge in [-0.05, 0) is 30.7 Å². The zero-order valence-corrected chi connectivity index (χ0v) is 9.76. The molecule has 0 saturated carbocycles. The number of halogens is 2. The first-order valence-electron chi connectivity index (χ1n) is 4.63. The van der Waals surface area contributed by atoms with E-state index in [4.69, 9.17) is 33.7 Å². The molecule has 0 amide bonds. The quantitative estimate of drug-likeness (QED) is 0.866. The second-order valence-electron chi connectivity index (χ2n) is 3.03. The highest BCUT2D eigenvalue weighted by Crippen LogP contribution is 2.15. The van der Waals surface area contributed by atoms with Crippen molar-refractivity contribution in [2.24, 2.45) is 5.73 Å². The van der Waals surface area contributed by atoms with Crippen LogP contribution in [0.5, 0.6) is 5.75 Å². The van der Waals surface area contributed by atoms with Crippen LogP contribution in [0, 0.1) is 0 Å². The average molecular weight is 246 g/mol. The monoisotopic (exact) mass is 245 g/mol. The molecular weight excluding hydrogens is 233 g/mol. The predicted molar refractivity (Wildman–Crippen MR) is 64.5 cm³/mol. The van der Waals surface area contributed by atoms with Gasteiger partial charge in [0.15, 0.2) is 0 Å². The Bertz CT molecular complexity index is 339. The third kappa shape index (κ3) is 4.56. The van der Waals surface area contributed by atoms with E-state index in [1.165, 1.54) is 5.54 Å². The maximum atomic E-state index is 5.70. The second-order valence-corrected chi connectivity index (χ2v) is 3.73. The van der Waals surface area contributed by atoms with E-state index in [0.717, 1.165) is 17.7 Å². The van der Waals surface area contributed by atoms with Crippen molar-refractivity contribution in [1.82, 2.24) is 0 Å². The fraction of sp³-hybridized carbons (Fsp3) is 0.273. The van der Waals surface area contributed by atoms with E-state index < -0.39 is 0 Å². The standard InChI is InChI=1S/C11H13Cl2NO/c12-7-10(13)8-15-11-3-1-2-9(6-11)4-5-14/h1-3,6-7H,4-5,8,14H2. The van der Waals surface area contributed by atoms with Crippen LogP contribution in [0.4, 0.5) is 0 Å². The minimum Gasteiger partial charge on any atom is -0.488 e. The zero-order chi connectivity index (χ0) is 11.1. The fourth-order valence-corrected chi connectivity index (χ4v) is 1.26. The van der Waals surface area contributed by atoms with Crippen LogP contribution in [-0.4, -0.2) is 13.2 Å². The molecule has 0 aliphatic carbocycles. The molecule has 0 aliphatic heterocycles. The molecule has 0 atom stereocenters. The summed E-state index contributed by atoms with van der Waals surface area (Å²) in [7, 11) is 0. The number of nitrogens with two attached hydrogens (primary N) is 1. The van der Waals surface area contributed by atoms with Gasteiger partial charge < -0.3 is 10.5 Å². The van der Waals surface area contributed by atoms with Crippen molar-refractivity contribution in [1.29, 1.82) is 0 Å². The Morgan fingerprint density at radius 1 is 1.47 bits per heavy atom. The highest BCUT2D eigenvalue weighted by Gasteiger charge is 1.97. The van der Waals surface area contributed by atoms with E-state index >= 15 is 0 Å². The van der Waals surface area contributed by atoms with Crippen LogP contribution in [0.2, 0.25) is 0 Å². The Balaban J connectivity index is 2.57. The molecule has 0 aliphatic rings. The first kappa shape index (κ1) is 12.4. The lowest BCUT2D eigenvalue weighted by Gasteiger charge is -2.06. The molecule has 0 aromatic heterocycles. The van der Waals surface area contributed by atoms with Gasteiger partial charge in [0.2, 0.25) is 0 Å². The molecule has 0 bridgehead atoms. The van der Waals surface area contributed by atoms with Gasteiger partial charge in [-0.15, -0.1) is 0 Å². The lowest BCUT2D eigenvalue weighted by Crippen LogP contribution is -2.03. The summed E-state index contributed by atoms with van der Waals surface area (Å²) in [5.74, 6) is 0.776. The molecule has 82 valence electrons. The number of benzene rings is 1. The van der Waals surface area contributed by atoms with Crippen LogP contribution in [0.3, 0.4) is 0 Å². The summed E-state index contributed by atoms with van der Waals surface area (Å²) in [5.41, 5.74) is 7.92. The highest BCUT2D eigenvalue weighted by atomic mass is 35.5. The van der Waals surface area contributed by atoms with Gasteiger partial charge in [-0.2, -0.15) is 0 Å². The Labute approximate surface area is 99.6 Å². The smallest absolute Gasteiger partial charge is 0.125 e. The molecule has 4 heteroatoms. The van der Waals surface area contributed by atoms with Gasteiger partial charge in [0.25, 0.3) is 0 Å². The molecule has 0 saturated heterocycles. The summed E-state index contributed by atoms with van der Waals surface area (Å²) in [4.78, 5) is 0. The molecule has 1 aromatic rings. The molecule has 2 nitrogen and oxygen atoms in total. The summed E-state index contributed by atoms with van der Waals surface area (Å²) in [6, 6.07) is 7.76. The molecule has 15 heavy (non-hydrogen) atoms. The van der Waals surface area contributed by atoms with Crippen molar-refractivity contribution < 1.29 is 4.74 Å². The van der Waals surface area contributed by atoms with E-state index in [2.05, 4.69) is 0 Å². The second kappa shape index (κ2) is 6.72. The first-order chi connectivity index (χ1) is 7.26. The zero-order valence-electron chi connectivity index (χ0n) is 8.25. The van der Waals surface area contributed by atoms with Crippen LogP contribution in [0.25, 0.3) is 0 Å². The van der Waals surface area contributed by atoms with Crippen LogP contribution >= 0.6 is 23.2 Å². The highest BCUT2D eigenvalue weighted by molar-refractivity contribution is 6.36. The average Bonchev–Trinajstić information content (AvgIpc) is 2.27. The third-order valence-corrected chi connectivity index (χ3v) is 2.42. The lowest BCUT2D eigenvalue weighted by molar-refractivity contribution is 0.359. The summed E-state index contributed by atoms with van der Waals surface area (Å²) >= 11 is 11.1. The molecular formula is C11H13Cl2NO. The van der Waals surface area contributed by atoms with Gasteiger partial charge in [0.05, 0.1) is 5.03 Å². The fourth-order valence-electron chi connectivity index (χ4n) is 1.14. The van der Waals surface area contributed by atoms with Gasteiger partial charge in [-0.3, -0.25) is 0 Å². The predicted octanol–water partition coefficient (Wildman–Crippen LogP) is 2.89. The minimum absolute atomic E-state index is 0.289. The maximum Gasteiger partial charge on any atom is 0.125 e. The Morgan fingerprint density at radius 2 is 2.27 bits per heavy atom. The lowest BCUT2D eigenvalue weighted by atomic mass is 10.1. The van der Waals surface area contributed by atoms with Crippen molar-refractivity contribution in [2.45, 2.75) is 6.42 Å². The van der Waals surface area contributed by atoms with Crippen molar-refractivity contribution in [3.8, 4) is 5.75 Å². The van der Waals surface area contributed by atoms with Gasteiger partial charge in [-0.1, -0.05) is 35.3 Å². The Hall–Kier alpha value is -0.700. The van der Waals surface area contributed by atoms with Gasteiger partial charge in [0, 0.05) is 5.54 Å². The molecule has 0 heterocycles. The number of hydrogen-bond acceptors (Lipinski definition) is 2. The Morgan fingerprint density at radius 3 is 2.93 bits per heavy atom. The number of ether oxygens (including phenoxy) is 1. The SMILES string of the molecule is NCCc1cccc(OCC(Cl)=CCl)c1. The van der Waals surface area contributed by atoms with E-state index in [-0.39, 0.29) is 6.61 Å². The maximum absolute atomic E-state index is 5.70. The molecule has 0 radical (unpaired) electrons. The van der Waals surface area contributed by atoms with Crippen LogP contribution in [0.15, 0.2) is 34.8 Å². The molecule has 1 aromatic carbocycles. The molecule has 0 unspecified atom stereocenters. The summed E-state index contributed by atoms with van der Waals surface area (Å²) in [5, 5.41) is 0.473. The molecule has 0 fully saturated rings. The van der Waals surface area contributed by atoms with Crippen LogP contribution in [0.1, 0.15) is 5.56 Å². The largest absolute Gasteiger partial charge is 0.488 e. The van der Waals surface area contributed by atoms with E-state index in [1.54, 1.807) is 0 Å². The molecule has 2 N–H and O–H groups in total. The van der Waals surface area contributed by atoms with Crippen molar-refractivity contribution >= 4 is 23.2 Å². The minimum atomic E-state index is 0.289. The molecule has 0 spiro atoms. The van der Waals surface area contributed by atoms with E-state index in [0.29, 0.717) is 11.6 Å². The summed E-state index contributed by atoms with van der Waals surface area (Å²) < 4.78 is 5.42. The summed E-state index contributed by atoms with van der Waals surface area (Å²) in [6.07, 6.45) is 0.844. The van der Waals surface area contributed by atoms with Crippen molar-refractivity contribution in [3.63, 3.8) is 0 Å². The number of hydrogen-bond donors (Lipinski definition) is 1. The van der Waals surface area contributed by atoms with Gasteiger partial charge in [-0.25, -0.2) is 0 Å². The summed E-state index contributed by atoms with van der Waals surface area (Å²) in [6.45, 7) is 0.920. The first-order valence-corrected chi connectivity index (χ1v) is 5.44. The normalized spacial score (nSPS) is 11.5. The van der Waals surface area contributed by atoms with E-state index in [1.807, 2.05) is 24.3 Å². The molecule has 1 rings (SSSR count).